The molecule has 4 rings (SSSR count). The molecule has 0 saturated carbocycles. The lowest BCUT2D eigenvalue weighted by atomic mass is 10.2. The number of H-pyrrole nitrogens is 1. The van der Waals surface area contributed by atoms with E-state index < -0.39 is 11.7 Å². The van der Waals surface area contributed by atoms with Gasteiger partial charge in [0.1, 0.15) is 16.6 Å². The van der Waals surface area contributed by atoms with Crippen LogP contribution in [0, 0.1) is 0 Å². The molecule has 0 fully saturated rings. The number of hydrogen-bond acceptors (Lipinski definition) is 3. The average molecular weight is 390 g/mol. The molecular formula is C19H11ClF3N3O. The standard InChI is InChI=1S/C19H11ClF3N3O/c20-14-9-12(19(21,22)23)10-24-18(14)27-13-7-5-11(6-8-13)17-25-15-3-1-2-4-16(15)26-17/h1-10H,(H,25,26). The molecule has 0 bridgehead atoms. The van der Waals surface area contributed by atoms with Crippen LogP contribution in [-0.2, 0) is 6.18 Å². The Morgan fingerprint density at radius 1 is 1.00 bits per heavy atom. The summed E-state index contributed by atoms with van der Waals surface area (Å²) < 4.78 is 43.5. The molecule has 2 heterocycles. The smallest absolute Gasteiger partial charge is 0.417 e. The molecule has 0 aliphatic heterocycles. The van der Waals surface area contributed by atoms with Crippen LogP contribution in [0.2, 0.25) is 5.02 Å². The summed E-state index contributed by atoms with van der Waals surface area (Å²) in [5, 5.41) is -0.216. The van der Waals surface area contributed by atoms with Gasteiger partial charge in [-0.2, -0.15) is 13.2 Å². The van der Waals surface area contributed by atoms with Crippen LogP contribution >= 0.6 is 11.6 Å². The molecule has 2 aromatic heterocycles. The minimum absolute atomic E-state index is 0.0962. The fraction of sp³-hybridized carbons (Fsp3) is 0.0526. The molecule has 27 heavy (non-hydrogen) atoms. The van der Waals surface area contributed by atoms with Crippen molar-refractivity contribution in [1.82, 2.24) is 15.0 Å². The highest BCUT2D eigenvalue weighted by atomic mass is 35.5. The lowest BCUT2D eigenvalue weighted by Crippen LogP contribution is -2.05. The minimum Gasteiger partial charge on any atom is -0.438 e. The van der Waals surface area contributed by atoms with Crippen molar-refractivity contribution in [2.75, 3.05) is 0 Å². The van der Waals surface area contributed by atoms with Gasteiger partial charge in [0.15, 0.2) is 0 Å². The van der Waals surface area contributed by atoms with Crippen molar-refractivity contribution < 1.29 is 17.9 Å². The lowest BCUT2D eigenvalue weighted by Gasteiger charge is -2.10. The number of benzene rings is 2. The normalized spacial score (nSPS) is 11.7. The van der Waals surface area contributed by atoms with Crippen molar-refractivity contribution in [3.8, 4) is 23.0 Å². The largest absolute Gasteiger partial charge is 0.438 e. The van der Waals surface area contributed by atoms with Gasteiger partial charge in [-0.25, -0.2) is 9.97 Å². The van der Waals surface area contributed by atoms with Crippen LogP contribution in [0.25, 0.3) is 22.4 Å². The number of rotatable bonds is 3. The highest BCUT2D eigenvalue weighted by Crippen LogP contribution is 2.35. The maximum Gasteiger partial charge on any atom is 0.417 e. The van der Waals surface area contributed by atoms with Crippen LogP contribution in [0.3, 0.4) is 0 Å². The van der Waals surface area contributed by atoms with E-state index in [2.05, 4.69) is 15.0 Å². The molecule has 8 heteroatoms. The quantitative estimate of drug-likeness (QED) is 0.461. The van der Waals surface area contributed by atoms with Gasteiger partial charge in [0.2, 0.25) is 5.88 Å². The maximum atomic E-state index is 12.7. The molecule has 2 aromatic carbocycles. The Balaban J connectivity index is 1.56. The van der Waals surface area contributed by atoms with Crippen molar-refractivity contribution in [1.29, 1.82) is 0 Å². The highest BCUT2D eigenvalue weighted by molar-refractivity contribution is 6.31. The van der Waals surface area contributed by atoms with Gasteiger partial charge < -0.3 is 9.72 Å². The topological polar surface area (TPSA) is 50.8 Å². The lowest BCUT2D eigenvalue weighted by molar-refractivity contribution is -0.137. The van der Waals surface area contributed by atoms with Gasteiger partial charge in [-0.3, -0.25) is 0 Å². The van der Waals surface area contributed by atoms with Crippen molar-refractivity contribution in [2.24, 2.45) is 0 Å². The van der Waals surface area contributed by atoms with Gasteiger partial charge in [-0.1, -0.05) is 23.7 Å². The third-order valence-corrected chi connectivity index (χ3v) is 4.14. The molecule has 0 aliphatic rings. The molecule has 1 N–H and O–H groups in total. The number of halogens is 4. The van der Waals surface area contributed by atoms with Gasteiger partial charge in [0, 0.05) is 11.8 Å². The number of alkyl halides is 3. The fourth-order valence-electron chi connectivity index (χ4n) is 2.54. The van der Waals surface area contributed by atoms with Crippen molar-refractivity contribution in [2.45, 2.75) is 6.18 Å². The maximum absolute atomic E-state index is 12.7. The first-order valence-corrected chi connectivity index (χ1v) is 8.24. The third kappa shape index (κ3) is 3.59. The highest BCUT2D eigenvalue weighted by Gasteiger charge is 2.31. The number of nitrogens with one attached hydrogen (secondary N) is 1. The average Bonchev–Trinajstić information content (AvgIpc) is 3.07. The number of ether oxygens (including phenoxy) is 1. The Hall–Kier alpha value is -3.06. The van der Waals surface area contributed by atoms with E-state index in [1.807, 2.05) is 24.3 Å². The van der Waals surface area contributed by atoms with Crippen LogP contribution in [-0.4, -0.2) is 15.0 Å². The van der Waals surface area contributed by atoms with Gasteiger partial charge in [0.05, 0.1) is 16.6 Å². The molecule has 4 nitrogen and oxygen atoms in total. The summed E-state index contributed by atoms with van der Waals surface area (Å²) >= 11 is 5.86. The molecule has 0 saturated heterocycles. The number of fused-ring (bicyclic) bond motifs is 1. The fourth-order valence-corrected chi connectivity index (χ4v) is 2.74. The molecule has 0 atom stereocenters. The Morgan fingerprint density at radius 2 is 1.74 bits per heavy atom. The van der Waals surface area contributed by atoms with E-state index >= 15 is 0 Å². The van der Waals surface area contributed by atoms with Crippen molar-refractivity contribution in [3.05, 3.63) is 71.4 Å². The zero-order valence-electron chi connectivity index (χ0n) is 13.6. The Kier molecular flexibility index (Phi) is 4.24. The molecule has 0 unspecified atom stereocenters. The van der Waals surface area contributed by atoms with Crippen LogP contribution in [0.5, 0.6) is 11.6 Å². The molecule has 136 valence electrons. The molecule has 0 aliphatic carbocycles. The predicted octanol–water partition coefficient (Wildman–Crippen LogP) is 6.09. The van der Waals surface area contributed by atoms with Gasteiger partial charge in [0.25, 0.3) is 0 Å². The summed E-state index contributed by atoms with van der Waals surface area (Å²) in [6, 6.07) is 15.3. The molecule has 0 amide bonds. The van der Waals surface area contributed by atoms with E-state index in [-0.39, 0.29) is 10.9 Å². The van der Waals surface area contributed by atoms with Gasteiger partial charge >= 0.3 is 6.18 Å². The monoisotopic (exact) mass is 389 g/mol. The van der Waals surface area contributed by atoms with E-state index in [0.717, 1.165) is 22.7 Å². The third-order valence-electron chi connectivity index (χ3n) is 3.87. The number of aromatic nitrogens is 3. The number of hydrogen-bond donors (Lipinski definition) is 1. The van der Waals surface area contributed by atoms with Crippen molar-refractivity contribution >= 4 is 22.6 Å². The van der Waals surface area contributed by atoms with E-state index in [0.29, 0.717) is 17.8 Å². The Morgan fingerprint density at radius 3 is 2.41 bits per heavy atom. The first-order chi connectivity index (χ1) is 12.9. The van der Waals surface area contributed by atoms with Crippen LogP contribution in [0.1, 0.15) is 5.56 Å². The van der Waals surface area contributed by atoms with Crippen LogP contribution in [0.15, 0.2) is 60.8 Å². The number of nitrogens with zero attached hydrogens (tertiary/aromatic N) is 2. The SMILES string of the molecule is FC(F)(F)c1cnc(Oc2ccc(-c3nc4ccccc4[nH]3)cc2)c(Cl)c1. The summed E-state index contributed by atoms with van der Waals surface area (Å²) in [6.07, 6.45) is -3.83. The van der Waals surface area contributed by atoms with E-state index in [9.17, 15) is 13.2 Å². The molecular weight excluding hydrogens is 379 g/mol. The Bertz CT molecular complexity index is 1070. The number of aromatic amines is 1. The second-order valence-corrected chi connectivity index (χ2v) is 6.14. The summed E-state index contributed by atoms with van der Waals surface area (Å²) in [4.78, 5) is 11.4. The summed E-state index contributed by atoms with van der Waals surface area (Å²) in [5.74, 6) is 0.999. The molecule has 0 radical (unpaired) electrons. The second-order valence-electron chi connectivity index (χ2n) is 5.74. The first-order valence-electron chi connectivity index (χ1n) is 7.86. The van der Waals surface area contributed by atoms with Gasteiger partial charge in [-0.05, 0) is 42.5 Å². The van der Waals surface area contributed by atoms with Gasteiger partial charge in [-0.15, -0.1) is 0 Å². The summed E-state index contributed by atoms with van der Waals surface area (Å²) in [7, 11) is 0. The summed E-state index contributed by atoms with van der Waals surface area (Å²) in [6.45, 7) is 0. The Labute approximate surface area is 156 Å². The summed E-state index contributed by atoms with van der Waals surface area (Å²) in [5.41, 5.74) is 1.69. The van der Waals surface area contributed by atoms with E-state index in [1.54, 1.807) is 24.3 Å². The van der Waals surface area contributed by atoms with Crippen LogP contribution in [0.4, 0.5) is 13.2 Å². The zero-order chi connectivity index (χ0) is 19.0. The van der Waals surface area contributed by atoms with Crippen LogP contribution < -0.4 is 4.74 Å². The second kappa shape index (κ2) is 6.59. The number of para-hydroxylation sites is 2. The number of pyridine rings is 1. The first kappa shape index (κ1) is 17.4. The van der Waals surface area contributed by atoms with E-state index in [4.69, 9.17) is 16.3 Å². The predicted molar refractivity (Wildman–Crippen MR) is 95.9 cm³/mol. The van der Waals surface area contributed by atoms with E-state index in [1.165, 1.54) is 0 Å². The molecule has 4 aromatic rings. The number of imidazole rings is 1. The minimum atomic E-state index is -4.51. The van der Waals surface area contributed by atoms with Crippen molar-refractivity contribution in [3.63, 3.8) is 0 Å². The molecule has 0 spiro atoms. The zero-order valence-corrected chi connectivity index (χ0v) is 14.3.